The standard InChI is InChI=1S/C14H18BrN3/c1-9(7-16)5-14-17-8-13(18-14)12-6-11(15)4-3-10(12)2/h3-4,6,8-9H,5,7,16H2,1-2H3,(H,17,18). The molecule has 0 saturated carbocycles. The van der Waals surface area contributed by atoms with E-state index in [4.69, 9.17) is 5.73 Å². The molecule has 96 valence electrons. The molecular formula is C14H18BrN3. The van der Waals surface area contributed by atoms with Crippen molar-refractivity contribution in [3.63, 3.8) is 0 Å². The number of imidazole rings is 1. The first-order valence-corrected chi connectivity index (χ1v) is 6.90. The molecule has 0 radical (unpaired) electrons. The number of nitrogens with one attached hydrogen (secondary N) is 1. The van der Waals surface area contributed by atoms with Crippen LogP contribution in [0.2, 0.25) is 0 Å². The second-order valence-electron chi connectivity index (χ2n) is 4.75. The molecule has 3 N–H and O–H groups in total. The Kier molecular flexibility index (Phi) is 4.19. The maximum absolute atomic E-state index is 5.63. The Balaban J connectivity index is 2.26. The largest absolute Gasteiger partial charge is 0.342 e. The van der Waals surface area contributed by atoms with Crippen molar-refractivity contribution in [2.75, 3.05) is 6.54 Å². The Bertz CT molecular complexity index is 534. The minimum atomic E-state index is 0.451. The van der Waals surface area contributed by atoms with Crippen LogP contribution in [0, 0.1) is 12.8 Å². The summed E-state index contributed by atoms with van der Waals surface area (Å²) in [5.41, 5.74) is 9.12. The first-order chi connectivity index (χ1) is 8.60. The van der Waals surface area contributed by atoms with Gasteiger partial charge in [-0.25, -0.2) is 4.98 Å². The number of H-pyrrole nitrogens is 1. The van der Waals surface area contributed by atoms with Gasteiger partial charge in [0.25, 0.3) is 0 Å². The van der Waals surface area contributed by atoms with Gasteiger partial charge in [-0.1, -0.05) is 28.9 Å². The maximum Gasteiger partial charge on any atom is 0.106 e. The number of aryl methyl sites for hydroxylation is 1. The van der Waals surface area contributed by atoms with Crippen LogP contribution in [0.3, 0.4) is 0 Å². The highest BCUT2D eigenvalue weighted by molar-refractivity contribution is 9.10. The van der Waals surface area contributed by atoms with E-state index in [0.717, 1.165) is 22.4 Å². The van der Waals surface area contributed by atoms with Crippen LogP contribution in [-0.2, 0) is 6.42 Å². The second kappa shape index (κ2) is 5.67. The highest BCUT2D eigenvalue weighted by atomic mass is 79.9. The number of hydrogen-bond acceptors (Lipinski definition) is 2. The molecule has 0 bridgehead atoms. The first kappa shape index (κ1) is 13.3. The molecule has 1 aromatic carbocycles. The van der Waals surface area contributed by atoms with E-state index in [0.29, 0.717) is 12.5 Å². The summed E-state index contributed by atoms with van der Waals surface area (Å²) >= 11 is 3.50. The molecule has 0 saturated heterocycles. The number of rotatable bonds is 4. The Morgan fingerprint density at radius 1 is 1.44 bits per heavy atom. The van der Waals surface area contributed by atoms with Crippen molar-refractivity contribution >= 4 is 15.9 Å². The third-order valence-electron chi connectivity index (χ3n) is 3.06. The van der Waals surface area contributed by atoms with Gasteiger partial charge < -0.3 is 10.7 Å². The van der Waals surface area contributed by atoms with Crippen LogP contribution in [0.25, 0.3) is 11.3 Å². The summed E-state index contributed by atoms with van der Waals surface area (Å²) in [6.07, 6.45) is 2.79. The normalized spacial score (nSPS) is 12.7. The third-order valence-corrected chi connectivity index (χ3v) is 3.56. The Hall–Kier alpha value is -1.13. The van der Waals surface area contributed by atoms with Crippen molar-refractivity contribution in [3.8, 4) is 11.3 Å². The van der Waals surface area contributed by atoms with Gasteiger partial charge in [0.15, 0.2) is 0 Å². The topological polar surface area (TPSA) is 54.7 Å². The molecule has 0 aliphatic heterocycles. The van der Waals surface area contributed by atoms with Gasteiger partial charge >= 0.3 is 0 Å². The lowest BCUT2D eigenvalue weighted by Crippen LogP contribution is -2.13. The minimum Gasteiger partial charge on any atom is -0.342 e. The van der Waals surface area contributed by atoms with Crippen LogP contribution in [0.4, 0.5) is 0 Å². The van der Waals surface area contributed by atoms with Crippen molar-refractivity contribution in [1.29, 1.82) is 0 Å². The predicted molar refractivity (Wildman–Crippen MR) is 78.4 cm³/mol. The van der Waals surface area contributed by atoms with Crippen LogP contribution in [0.1, 0.15) is 18.3 Å². The quantitative estimate of drug-likeness (QED) is 0.910. The number of nitrogens with two attached hydrogens (primary N) is 1. The summed E-state index contributed by atoms with van der Waals surface area (Å²) in [4.78, 5) is 7.80. The number of nitrogens with zero attached hydrogens (tertiary/aromatic N) is 1. The zero-order chi connectivity index (χ0) is 13.1. The number of hydrogen-bond donors (Lipinski definition) is 2. The van der Waals surface area contributed by atoms with Crippen LogP contribution >= 0.6 is 15.9 Å². The van der Waals surface area contributed by atoms with E-state index in [1.807, 2.05) is 12.3 Å². The van der Waals surface area contributed by atoms with Gasteiger partial charge in [0.2, 0.25) is 0 Å². The highest BCUT2D eigenvalue weighted by Crippen LogP contribution is 2.25. The Morgan fingerprint density at radius 2 is 2.22 bits per heavy atom. The molecule has 2 rings (SSSR count). The summed E-state index contributed by atoms with van der Waals surface area (Å²) in [7, 11) is 0. The van der Waals surface area contributed by atoms with Gasteiger partial charge in [-0.05, 0) is 37.1 Å². The average molecular weight is 308 g/mol. The van der Waals surface area contributed by atoms with Gasteiger partial charge in [0.1, 0.15) is 5.82 Å². The van der Waals surface area contributed by atoms with Crippen molar-refractivity contribution in [2.45, 2.75) is 20.3 Å². The molecule has 0 spiro atoms. The van der Waals surface area contributed by atoms with Gasteiger partial charge in [-0.3, -0.25) is 0 Å². The molecular weight excluding hydrogens is 290 g/mol. The average Bonchev–Trinajstić information content (AvgIpc) is 2.80. The molecule has 1 heterocycles. The zero-order valence-corrected chi connectivity index (χ0v) is 12.3. The summed E-state index contributed by atoms with van der Waals surface area (Å²) in [5.74, 6) is 1.45. The Labute approximate surface area is 116 Å². The van der Waals surface area contributed by atoms with Crippen LogP contribution in [0.15, 0.2) is 28.9 Å². The number of aromatic amines is 1. The monoisotopic (exact) mass is 307 g/mol. The first-order valence-electron chi connectivity index (χ1n) is 6.10. The molecule has 3 nitrogen and oxygen atoms in total. The summed E-state index contributed by atoms with van der Waals surface area (Å²) < 4.78 is 1.08. The van der Waals surface area contributed by atoms with Gasteiger partial charge in [-0.15, -0.1) is 0 Å². The van der Waals surface area contributed by atoms with E-state index in [1.54, 1.807) is 0 Å². The fourth-order valence-corrected chi connectivity index (χ4v) is 2.26. The van der Waals surface area contributed by atoms with Crippen LogP contribution in [0.5, 0.6) is 0 Å². The molecule has 0 aliphatic rings. The number of aromatic nitrogens is 2. The van der Waals surface area contributed by atoms with E-state index in [1.165, 1.54) is 11.1 Å². The molecule has 4 heteroatoms. The third kappa shape index (κ3) is 3.00. The van der Waals surface area contributed by atoms with E-state index >= 15 is 0 Å². The Morgan fingerprint density at radius 3 is 2.94 bits per heavy atom. The predicted octanol–water partition coefficient (Wildman–Crippen LogP) is 3.28. The number of halogens is 1. The van der Waals surface area contributed by atoms with Crippen molar-refractivity contribution < 1.29 is 0 Å². The van der Waals surface area contributed by atoms with Gasteiger partial charge in [0.05, 0.1) is 11.9 Å². The molecule has 1 aromatic heterocycles. The SMILES string of the molecule is Cc1ccc(Br)cc1-c1cnc(CC(C)CN)[nH]1. The molecule has 0 fully saturated rings. The van der Waals surface area contributed by atoms with Crippen LogP contribution < -0.4 is 5.73 Å². The lowest BCUT2D eigenvalue weighted by molar-refractivity contribution is 0.577. The van der Waals surface area contributed by atoms with E-state index in [2.05, 4.69) is 51.9 Å². The van der Waals surface area contributed by atoms with E-state index in [-0.39, 0.29) is 0 Å². The summed E-state index contributed by atoms with van der Waals surface area (Å²) in [6.45, 7) is 4.92. The van der Waals surface area contributed by atoms with Crippen molar-refractivity contribution in [3.05, 3.63) is 40.3 Å². The second-order valence-corrected chi connectivity index (χ2v) is 5.66. The maximum atomic E-state index is 5.63. The molecule has 1 unspecified atom stereocenters. The molecule has 18 heavy (non-hydrogen) atoms. The van der Waals surface area contributed by atoms with Crippen molar-refractivity contribution in [2.24, 2.45) is 11.7 Å². The molecule has 1 atom stereocenters. The van der Waals surface area contributed by atoms with Gasteiger partial charge in [0, 0.05) is 16.5 Å². The van der Waals surface area contributed by atoms with E-state index in [9.17, 15) is 0 Å². The lowest BCUT2D eigenvalue weighted by atomic mass is 10.1. The van der Waals surface area contributed by atoms with Crippen molar-refractivity contribution in [1.82, 2.24) is 9.97 Å². The summed E-state index contributed by atoms with van der Waals surface area (Å²) in [6, 6.07) is 6.26. The minimum absolute atomic E-state index is 0.451. The smallest absolute Gasteiger partial charge is 0.106 e. The molecule has 0 aliphatic carbocycles. The lowest BCUT2D eigenvalue weighted by Gasteiger charge is -2.06. The molecule has 2 aromatic rings. The van der Waals surface area contributed by atoms with Gasteiger partial charge in [-0.2, -0.15) is 0 Å². The summed E-state index contributed by atoms with van der Waals surface area (Å²) in [5, 5.41) is 0. The number of benzene rings is 1. The highest BCUT2D eigenvalue weighted by Gasteiger charge is 2.08. The molecule has 0 amide bonds. The zero-order valence-electron chi connectivity index (χ0n) is 10.7. The van der Waals surface area contributed by atoms with E-state index < -0.39 is 0 Å². The fraction of sp³-hybridized carbons (Fsp3) is 0.357. The van der Waals surface area contributed by atoms with Crippen LogP contribution in [-0.4, -0.2) is 16.5 Å². The fourth-order valence-electron chi connectivity index (χ4n) is 1.90.